The SMILES string of the molecule is CC(C)C(F)(F)c1ccc(C(=O)Nc2ccc(F)c([C@]3(C)CS(=O)(=O)[C@]4(CCOC4)C(N)=N3)c2)nc1. The number of carbonyl (C=O) groups is 1. The Labute approximate surface area is 207 Å². The summed E-state index contributed by atoms with van der Waals surface area (Å²) in [7, 11) is -3.85. The Morgan fingerprint density at radius 3 is 2.53 bits per heavy atom. The fraction of sp³-hybridized carbons (Fsp3) is 0.458. The van der Waals surface area contributed by atoms with Crippen LogP contribution in [-0.4, -0.2) is 48.9 Å². The van der Waals surface area contributed by atoms with Crippen molar-refractivity contribution < 1.29 is 31.1 Å². The van der Waals surface area contributed by atoms with E-state index in [4.69, 9.17) is 10.5 Å². The third-order valence-corrected chi connectivity index (χ3v) is 9.46. The number of amidine groups is 1. The molecule has 0 saturated carbocycles. The van der Waals surface area contributed by atoms with Gasteiger partial charge in [0.2, 0.25) is 0 Å². The van der Waals surface area contributed by atoms with E-state index in [0.29, 0.717) is 0 Å². The van der Waals surface area contributed by atoms with Gasteiger partial charge in [-0.1, -0.05) is 13.8 Å². The number of aliphatic imine (C=N–C) groups is 1. The largest absolute Gasteiger partial charge is 0.386 e. The van der Waals surface area contributed by atoms with Gasteiger partial charge < -0.3 is 15.8 Å². The van der Waals surface area contributed by atoms with Gasteiger partial charge in [0.25, 0.3) is 11.8 Å². The number of alkyl halides is 2. The molecule has 12 heteroatoms. The van der Waals surface area contributed by atoms with Crippen molar-refractivity contribution >= 4 is 27.3 Å². The molecule has 1 aromatic carbocycles. The summed E-state index contributed by atoms with van der Waals surface area (Å²) in [6, 6.07) is 5.96. The predicted octanol–water partition coefficient (Wildman–Crippen LogP) is 3.38. The van der Waals surface area contributed by atoms with E-state index in [1.54, 1.807) is 0 Å². The molecular formula is C24H27F3N4O4S. The van der Waals surface area contributed by atoms with E-state index in [1.165, 1.54) is 39.0 Å². The summed E-state index contributed by atoms with van der Waals surface area (Å²) < 4.78 is 73.6. The molecule has 4 rings (SSSR count). The molecule has 3 N–H and O–H groups in total. The third kappa shape index (κ3) is 4.26. The molecule has 1 fully saturated rings. The second kappa shape index (κ2) is 8.84. The number of hydrogen-bond donors (Lipinski definition) is 2. The minimum absolute atomic E-state index is 0.0690. The fourth-order valence-corrected chi connectivity index (χ4v) is 6.73. The van der Waals surface area contributed by atoms with Crippen LogP contribution in [0.1, 0.15) is 48.8 Å². The first-order valence-corrected chi connectivity index (χ1v) is 13.0. The van der Waals surface area contributed by atoms with Crippen LogP contribution in [-0.2, 0) is 26.0 Å². The average Bonchev–Trinajstić information content (AvgIpc) is 3.31. The van der Waals surface area contributed by atoms with Crippen molar-refractivity contribution in [2.24, 2.45) is 16.6 Å². The van der Waals surface area contributed by atoms with Crippen LogP contribution in [0.15, 0.2) is 41.5 Å². The number of carbonyl (C=O) groups excluding carboxylic acids is 1. The van der Waals surface area contributed by atoms with Crippen LogP contribution in [0.3, 0.4) is 0 Å². The fourth-order valence-electron chi connectivity index (χ4n) is 4.47. The first kappa shape index (κ1) is 26.1. The van der Waals surface area contributed by atoms with Crippen molar-refractivity contribution in [2.45, 2.75) is 43.4 Å². The lowest BCUT2D eigenvalue weighted by Gasteiger charge is -2.39. The van der Waals surface area contributed by atoms with Crippen LogP contribution in [0.25, 0.3) is 0 Å². The summed E-state index contributed by atoms with van der Waals surface area (Å²) in [5, 5.41) is 2.54. The van der Waals surface area contributed by atoms with Crippen LogP contribution in [0.2, 0.25) is 0 Å². The molecule has 2 aliphatic heterocycles. The maximum Gasteiger partial charge on any atom is 0.276 e. The number of amides is 1. The molecule has 0 bridgehead atoms. The van der Waals surface area contributed by atoms with Crippen molar-refractivity contribution in [1.29, 1.82) is 0 Å². The van der Waals surface area contributed by atoms with E-state index in [-0.39, 0.29) is 48.0 Å². The number of pyridine rings is 1. The minimum Gasteiger partial charge on any atom is -0.386 e. The van der Waals surface area contributed by atoms with Crippen LogP contribution in [0.4, 0.5) is 18.9 Å². The van der Waals surface area contributed by atoms with E-state index < -0.39 is 49.4 Å². The van der Waals surface area contributed by atoms with E-state index in [0.717, 1.165) is 18.3 Å². The Balaban J connectivity index is 1.61. The number of nitrogens with one attached hydrogen (secondary N) is 1. The molecule has 2 aromatic rings. The van der Waals surface area contributed by atoms with Gasteiger partial charge in [0.05, 0.1) is 12.4 Å². The van der Waals surface area contributed by atoms with Crippen molar-refractivity contribution in [3.8, 4) is 0 Å². The van der Waals surface area contributed by atoms with E-state index in [1.807, 2.05) is 0 Å². The van der Waals surface area contributed by atoms with Gasteiger partial charge in [0.15, 0.2) is 14.6 Å². The first-order valence-electron chi connectivity index (χ1n) is 11.3. The maximum atomic E-state index is 14.9. The molecule has 3 heterocycles. The summed E-state index contributed by atoms with van der Waals surface area (Å²) in [4.78, 5) is 20.9. The highest BCUT2D eigenvalue weighted by atomic mass is 32.2. The lowest BCUT2D eigenvalue weighted by molar-refractivity contribution is -0.0516. The van der Waals surface area contributed by atoms with Gasteiger partial charge in [-0.2, -0.15) is 0 Å². The summed E-state index contributed by atoms with van der Waals surface area (Å²) in [6.45, 7) is 4.34. The number of rotatable bonds is 5. The number of nitrogens with two attached hydrogens (primary N) is 1. The summed E-state index contributed by atoms with van der Waals surface area (Å²) in [5.41, 5.74) is 4.21. The van der Waals surface area contributed by atoms with E-state index in [9.17, 15) is 26.4 Å². The molecule has 2 atom stereocenters. The lowest BCUT2D eigenvalue weighted by Crippen LogP contribution is -2.58. The zero-order valence-corrected chi connectivity index (χ0v) is 20.8. The number of nitrogens with zero attached hydrogens (tertiary/aromatic N) is 2. The van der Waals surface area contributed by atoms with Gasteiger partial charge in [0, 0.05) is 35.5 Å². The highest BCUT2D eigenvalue weighted by Crippen LogP contribution is 2.42. The standard InChI is InChI=1S/C24H27F3N4O4S/c1-14(2)24(26,27)15-4-7-19(29-11-15)20(32)30-16-5-6-18(25)17(10-16)22(3)13-36(33,34)23(21(28)31-22)8-9-35-12-23/h4-7,10-11,14H,8-9,12-13H2,1-3H3,(H2,28,31)(H,30,32)/t22-,23-/m0/s1. The lowest BCUT2D eigenvalue weighted by atomic mass is 9.92. The molecule has 36 heavy (non-hydrogen) atoms. The Bertz CT molecular complexity index is 1320. The molecule has 0 aliphatic carbocycles. The highest BCUT2D eigenvalue weighted by molar-refractivity contribution is 7.93. The number of benzene rings is 1. The van der Waals surface area contributed by atoms with E-state index >= 15 is 0 Å². The number of halogens is 3. The molecule has 8 nitrogen and oxygen atoms in total. The molecule has 1 saturated heterocycles. The van der Waals surface area contributed by atoms with Gasteiger partial charge in [-0.25, -0.2) is 21.6 Å². The van der Waals surface area contributed by atoms with Gasteiger partial charge in [-0.15, -0.1) is 0 Å². The smallest absolute Gasteiger partial charge is 0.276 e. The first-order chi connectivity index (χ1) is 16.7. The van der Waals surface area contributed by atoms with Crippen molar-refractivity contribution in [3.63, 3.8) is 0 Å². The molecular weight excluding hydrogens is 497 g/mol. The second-order valence-corrected chi connectivity index (χ2v) is 12.0. The number of anilines is 1. The Hall–Kier alpha value is -2.99. The van der Waals surface area contributed by atoms with Gasteiger partial charge in [-0.05, 0) is 43.7 Å². The molecule has 0 unspecified atom stereocenters. The zero-order valence-electron chi connectivity index (χ0n) is 20.0. The quantitative estimate of drug-likeness (QED) is 0.618. The molecule has 0 radical (unpaired) electrons. The van der Waals surface area contributed by atoms with Crippen LogP contribution < -0.4 is 11.1 Å². The van der Waals surface area contributed by atoms with Crippen molar-refractivity contribution in [1.82, 2.24) is 4.98 Å². The van der Waals surface area contributed by atoms with Crippen LogP contribution >= 0.6 is 0 Å². The molecule has 194 valence electrons. The van der Waals surface area contributed by atoms with Gasteiger partial charge >= 0.3 is 0 Å². The van der Waals surface area contributed by atoms with Crippen molar-refractivity contribution in [2.75, 3.05) is 24.3 Å². The molecule has 1 amide bonds. The molecule has 1 spiro atoms. The maximum absolute atomic E-state index is 14.9. The van der Waals surface area contributed by atoms with E-state index in [2.05, 4.69) is 15.3 Å². The second-order valence-electron chi connectivity index (χ2n) is 9.69. The zero-order chi connectivity index (χ0) is 26.5. The van der Waals surface area contributed by atoms with Gasteiger partial charge in [-0.3, -0.25) is 14.8 Å². The number of hydrogen-bond acceptors (Lipinski definition) is 7. The highest BCUT2D eigenvalue weighted by Gasteiger charge is 2.57. The Morgan fingerprint density at radius 2 is 1.97 bits per heavy atom. The minimum atomic E-state index is -3.85. The van der Waals surface area contributed by atoms with Crippen LogP contribution in [0, 0.1) is 11.7 Å². The monoisotopic (exact) mass is 524 g/mol. The number of sulfone groups is 1. The molecule has 2 aliphatic rings. The number of ether oxygens (including phenoxy) is 1. The van der Waals surface area contributed by atoms with Gasteiger partial charge in [0.1, 0.15) is 22.9 Å². The Morgan fingerprint density at radius 1 is 1.25 bits per heavy atom. The summed E-state index contributed by atoms with van der Waals surface area (Å²) in [6.07, 6.45) is 1.12. The average molecular weight is 525 g/mol. The third-order valence-electron chi connectivity index (χ3n) is 6.80. The predicted molar refractivity (Wildman–Crippen MR) is 128 cm³/mol. The topological polar surface area (TPSA) is 124 Å². The van der Waals surface area contributed by atoms with Crippen LogP contribution in [0.5, 0.6) is 0 Å². The normalized spacial score (nSPS) is 25.7. The van der Waals surface area contributed by atoms with Crippen molar-refractivity contribution in [3.05, 3.63) is 59.2 Å². The summed E-state index contributed by atoms with van der Waals surface area (Å²) >= 11 is 0. The molecule has 1 aromatic heterocycles. The Kier molecular flexibility index (Phi) is 6.40. The summed E-state index contributed by atoms with van der Waals surface area (Å²) in [5.74, 6) is -6.11. The number of aromatic nitrogens is 1.